The first-order valence-electron chi connectivity index (χ1n) is 8.27. The van der Waals surface area contributed by atoms with E-state index in [1.807, 2.05) is 19.1 Å². The van der Waals surface area contributed by atoms with Crippen LogP contribution in [0.25, 0.3) is 0 Å². The van der Waals surface area contributed by atoms with E-state index in [4.69, 9.17) is 5.73 Å². The van der Waals surface area contributed by atoms with Gasteiger partial charge in [-0.15, -0.1) is 12.4 Å². The number of carbonyl (C=O) groups is 2. The molecule has 0 bridgehead atoms. The average Bonchev–Trinajstić information content (AvgIpc) is 2.92. The SMILES string of the molecule is CC(C)CC(C)(CN)NC(=O)c1ccc(N2CCCC2=O)cc1.Cl. The smallest absolute Gasteiger partial charge is 0.251 e. The number of carbonyl (C=O) groups excluding carboxylic acids is 2. The van der Waals surface area contributed by atoms with Gasteiger partial charge in [0.2, 0.25) is 5.91 Å². The third-order valence-corrected chi connectivity index (χ3v) is 4.24. The van der Waals surface area contributed by atoms with Gasteiger partial charge in [0.25, 0.3) is 5.91 Å². The quantitative estimate of drug-likeness (QED) is 0.825. The number of nitrogens with two attached hydrogens (primary N) is 1. The molecule has 24 heavy (non-hydrogen) atoms. The molecular weight excluding hydrogens is 326 g/mol. The van der Waals surface area contributed by atoms with Crippen molar-refractivity contribution in [3.63, 3.8) is 0 Å². The van der Waals surface area contributed by atoms with Crippen molar-refractivity contribution in [1.29, 1.82) is 0 Å². The standard InChI is InChI=1S/C18H27N3O2.ClH/c1-13(2)11-18(3,12-19)20-17(23)14-6-8-15(9-7-14)21-10-4-5-16(21)22;/h6-9,13H,4-5,10-12,19H2,1-3H3,(H,20,23);1H. The average molecular weight is 354 g/mol. The lowest BCUT2D eigenvalue weighted by Crippen LogP contribution is -2.52. The van der Waals surface area contributed by atoms with Crippen molar-refractivity contribution >= 4 is 29.9 Å². The Labute approximate surface area is 150 Å². The van der Waals surface area contributed by atoms with Crippen molar-refractivity contribution < 1.29 is 9.59 Å². The molecule has 6 heteroatoms. The molecule has 1 saturated heterocycles. The maximum atomic E-state index is 12.5. The van der Waals surface area contributed by atoms with E-state index in [1.54, 1.807) is 17.0 Å². The highest BCUT2D eigenvalue weighted by Gasteiger charge is 2.27. The second-order valence-corrected chi connectivity index (χ2v) is 7.01. The normalized spacial score (nSPS) is 16.7. The summed E-state index contributed by atoms with van der Waals surface area (Å²) >= 11 is 0. The van der Waals surface area contributed by atoms with Crippen molar-refractivity contribution in [3.8, 4) is 0 Å². The Morgan fingerprint density at radius 2 is 1.96 bits per heavy atom. The Balaban J connectivity index is 0.00000288. The minimum Gasteiger partial charge on any atom is -0.346 e. The zero-order valence-corrected chi connectivity index (χ0v) is 15.5. The number of amides is 2. The van der Waals surface area contributed by atoms with Gasteiger partial charge in [0.1, 0.15) is 0 Å². The predicted molar refractivity (Wildman–Crippen MR) is 99.7 cm³/mol. The number of anilines is 1. The fraction of sp³-hybridized carbons (Fsp3) is 0.556. The number of benzene rings is 1. The maximum Gasteiger partial charge on any atom is 0.251 e. The van der Waals surface area contributed by atoms with Crippen molar-refractivity contribution in [2.45, 2.75) is 45.6 Å². The monoisotopic (exact) mass is 353 g/mol. The maximum absolute atomic E-state index is 12.5. The third-order valence-electron chi connectivity index (χ3n) is 4.24. The molecule has 1 atom stereocenters. The second kappa shape index (κ2) is 8.49. The summed E-state index contributed by atoms with van der Waals surface area (Å²) in [7, 11) is 0. The minimum absolute atomic E-state index is 0. The van der Waals surface area contributed by atoms with E-state index in [0.29, 0.717) is 24.4 Å². The molecule has 0 spiro atoms. The molecule has 134 valence electrons. The van der Waals surface area contributed by atoms with Gasteiger partial charge in [-0.2, -0.15) is 0 Å². The lowest BCUT2D eigenvalue weighted by Gasteiger charge is -2.31. The van der Waals surface area contributed by atoms with E-state index < -0.39 is 5.54 Å². The van der Waals surface area contributed by atoms with Crippen LogP contribution in [-0.4, -0.2) is 30.4 Å². The Morgan fingerprint density at radius 1 is 1.33 bits per heavy atom. The van der Waals surface area contributed by atoms with Crippen LogP contribution >= 0.6 is 12.4 Å². The molecule has 1 heterocycles. The Hall–Kier alpha value is -1.59. The Bertz CT molecular complexity index is 574. The topological polar surface area (TPSA) is 75.4 Å². The van der Waals surface area contributed by atoms with E-state index in [2.05, 4.69) is 19.2 Å². The van der Waals surface area contributed by atoms with E-state index in [9.17, 15) is 9.59 Å². The van der Waals surface area contributed by atoms with Crippen molar-refractivity contribution in [3.05, 3.63) is 29.8 Å². The number of halogens is 1. The first kappa shape index (κ1) is 20.5. The van der Waals surface area contributed by atoms with Crippen LogP contribution in [0.4, 0.5) is 5.69 Å². The minimum atomic E-state index is -0.408. The number of nitrogens with one attached hydrogen (secondary N) is 1. The summed E-state index contributed by atoms with van der Waals surface area (Å²) < 4.78 is 0. The molecule has 1 aliphatic heterocycles. The van der Waals surface area contributed by atoms with Gasteiger partial charge in [-0.3, -0.25) is 9.59 Å². The zero-order chi connectivity index (χ0) is 17.0. The van der Waals surface area contributed by atoms with Gasteiger partial charge in [0.05, 0.1) is 0 Å². The number of hydrogen-bond acceptors (Lipinski definition) is 3. The molecule has 3 N–H and O–H groups in total. The van der Waals surface area contributed by atoms with Gasteiger partial charge in [0.15, 0.2) is 0 Å². The summed E-state index contributed by atoms with van der Waals surface area (Å²) in [4.78, 5) is 26.0. The van der Waals surface area contributed by atoms with Crippen LogP contribution in [0, 0.1) is 5.92 Å². The molecular formula is C18H28ClN3O2. The van der Waals surface area contributed by atoms with Crippen molar-refractivity contribution in [2.75, 3.05) is 18.0 Å². The molecule has 0 aliphatic carbocycles. The molecule has 1 aromatic carbocycles. The van der Waals surface area contributed by atoms with Crippen LogP contribution < -0.4 is 16.0 Å². The second-order valence-electron chi connectivity index (χ2n) is 7.01. The zero-order valence-electron chi connectivity index (χ0n) is 14.7. The lowest BCUT2D eigenvalue weighted by molar-refractivity contribution is -0.117. The van der Waals surface area contributed by atoms with Crippen LogP contribution in [0.3, 0.4) is 0 Å². The summed E-state index contributed by atoms with van der Waals surface area (Å²) in [5.74, 6) is 0.472. The van der Waals surface area contributed by atoms with E-state index >= 15 is 0 Å². The predicted octanol–water partition coefficient (Wildman–Crippen LogP) is 2.73. The molecule has 0 saturated carbocycles. The Kier molecular flexibility index (Phi) is 7.24. The highest BCUT2D eigenvalue weighted by atomic mass is 35.5. The lowest BCUT2D eigenvalue weighted by atomic mass is 9.90. The van der Waals surface area contributed by atoms with Gasteiger partial charge in [0, 0.05) is 36.3 Å². The van der Waals surface area contributed by atoms with E-state index in [1.165, 1.54) is 0 Å². The highest BCUT2D eigenvalue weighted by Crippen LogP contribution is 2.22. The fourth-order valence-corrected chi connectivity index (χ4v) is 3.15. The van der Waals surface area contributed by atoms with Gasteiger partial charge in [-0.1, -0.05) is 13.8 Å². The molecule has 2 rings (SSSR count). The summed E-state index contributed by atoms with van der Waals surface area (Å²) in [6.07, 6.45) is 2.33. The highest BCUT2D eigenvalue weighted by molar-refractivity contribution is 5.97. The summed E-state index contributed by atoms with van der Waals surface area (Å²) in [6, 6.07) is 7.20. The molecule has 5 nitrogen and oxygen atoms in total. The summed E-state index contributed by atoms with van der Waals surface area (Å²) in [5, 5.41) is 3.04. The van der Waals surface area contributed by atoms with Gasteiger partial charge >= 0.3 is 0 Å². The molecule has 1 aromatic rings. The molecule has 1 fully saturated rings. The first-order valence-corrected chi connectivity index (χ1v) is 8.27. The molecule has 0 radical (unpaired) electrons. The molecule has 1 aliphatic rings. The van der Waals surface area contributed by atoms with Crippen LogP contribution in [0.15, 0.2) is 24.3 Å². The van der Waals surface area contributed by atoms with Crippen molar-refractivity contribution in [2.24, 2.45) is 11.7 Å². The van der Waals surface area contributed by atoms with Gasteiger partial charge in [-0.05, 0) is 49.9 Å². The number of rotatable bonds is 6. The molecule has 2 amide bonds. The van der Waals surface area contributed by atoms with Gasteiger partial charge < -0.3 is 16.0 Å². The van der Waals surface area contributed by atoms with Crippen molar-refractivity contribution in [1.82, 2.24) is 5.32 Å². The first-order chi connectivity index (χ1) is 10.8. The molecule has 0 aromatic heterocycles. The summed E-state index contributed by atoms with van der Waals surface area (Å²) in [5.41, 5.74) is 6.88. The third kappa shape index (κ3) is 4.95. The number of hydrogen-bond donors (Lipinski definition) is 2. The van der Waals surface area contributed by atoms with E-state index in [0.717, 1.165) is 25.1 Å². The largest absolute Gasteiger partial charge is 0.346 e. The van der Waals surface area contributed by atoms with Crippen LogP contribution in [0.5, 0.6) is 0 Å². The number of nitrogens with zero attached hydrogens (tertiary/aromatic N) is 1. The van der Waals surface area contributed by atoms with E-state index in [-0.39, 0.29) is 24.2 Å². The van der Waals surface area contributed by atoms with Crippen LogP contribution in [0.2, 0.25) is 0 Å². The van der Waals surface area contributed by atoms with Gasteiger partial charge in [-0.25, -0.2) is 0 Å². The van der Waals surface area contributed by atoms with Crippen LogP contribution in [0.1, 0.15) is 50.4 Å². The fourth-order valence-electron chi connectivity index (χ4n) is 3.15. The van der Waals surface area contributed by atoms with Crippen LogP contribution in [-0.2, 0) is 4.79 Å². The Morgan fingerprint density at radius 3 is 2.42 bits per heavy atom. The molecule has 1 unspecified atom stereocenters. The summed E-state index contributed by atoms with van der Waals surface area (Å²) in [6.45, 7) is 7.35.